The fourth-order valence-electron chi connectivity index (χ4n) is 2.55. The van der Waals surface area contributed by atoms with E-state index in [9.17, 15) is 4.79 Å². The average Bonchev–Trinajstić information content (AvgIpc) is 2.83. The normalized spacial score (nSPS) is 10.8. The second kappa shape index (κ2) is 6.02. The van der Waals surface area contributed by atoms with Crippen molar-refractivity contribution in [2.24, 2.45) is 0 Å². The molecule has 0 aliphatic heterocycles. The van der Waals surface area contributed by atoms with Crippen LogP contribution in [-0.2, 0) is 6.42 Å². The Labute approximate surface area is 129 Å². The molecule has 0 unspecified atom stereocenters. The van der Waals surface area contributed by atoms with Crippen LogP contribution in [0, 0.1) is 13.8 Å². The molecule has 0 fully saturated rings. The van der Waals surface area contributed by atoms with Crippen molar-refractivity contribution in [2.45, 2.75) is 20.3 Å². The SMILES string of the molecule is Cc1[nH]c2ccc(C(=O)NCCc3ccccn3)cc2c1C. The molecule has 4 nitrogen and oxygen atoms in total. The summed E-state index contributed by atoms with van der Waals surface area (Å²) in [6, 6.07) is 11.6. The topological polar surface area (TPSA) is 57.8 Å². The fraction of sp³-hybridized carbons (Fsp3) is 0.222. The van der Waals surface area contributed by atoms with Crippen LogP contribution in [0.3, 0.4) is 0 Å². The molecule has 4 heteroatoms. The third kappa shape index (κ3) is 2.86. The van der Waals surface area contributed by atoms with Crippen LogP contribution in [0.5, 0.6) is 0 Å². The number of nitrogens with one attached hydrogen (secondary N) is 2. The predicted molar refractivity (Wildman–Crippen MR) is 88.0 cm³/mol. The maximum absolute atomic E-state index is 12.3. The van der Waals surface area contributed by atoms with Crippen LogP contribution in [0.15, 0.2) is 42.6 Å². The van der Waals surface area contributed by atoms with Gasteiger partial charge in [-0.15, -0.1) is 0 Å². The molecule has 0 spiro atoms. The largest absolute Gasteiger partial charge is 0.358 e. The molecule has 0 saturated heterocycles. The number of aromatic amines is 1. The lowest BCUT2D eigenvalue weighted by Gasteiger charge is -2.05. The first-order valence-corrected chi connectivity index (χ1v) is 7.42. The molecule has 1 amide bonds. The number of pyridine rings is 1. The number of H-pyrrole nitrogens is 1. The summed E-state index contributed by atoms with van der Waals surface area (Å²) < 4.78 is 0. The molecule has 0 saturated carbocycles. The summed E-state index contributed by atoms with van der Waals surface area (Å²) in [4.78, 5) is 19.8. The summed E-state index contributed by atoms with van der Waals surface area (Å²) in [5, 5.41) is 4.06. The van der Waals surface area contributed by atoms with E-state index in [0.717, 1.165) is 28.7 Å². The van der Waals surface area contributed by atoms with Gasteiger partial charge in [0.2, 0.25) is 0 Å². The van der Waals surface area contributed by atoms with Crippen LogP contribution >= 0.6 is 0 Å². The van der Waals surface area contributed by atoms with Crippen LogP contribution < -0.4 is 5.32 Å². The highest BCUT2D eigenvalue weighted by molar-refractivity contribution is 5.99. The molecule has 0 aliphatic carbocycles. The van der Waals surface area contributed by atoms with Gasteiger partial charge in [0.05, 0.1) is 0 Å². The highest BCUT2D eigenvalue weighted by Gasteiger charge is 2.09. The van der Waals surface area contributed by atoms with Crippen molar-refractivity contribution in [3.8, 4) is 0 Å². The molecule has 22 heavy (non-hydrogen) atoms. The number of aromatic nitrogens is 2. The summed E-state index contributed by atoms with van der Waals surface area (Å²) in [7, 11) is 0. The lowest BCUT2D eigenvalue weighted by molar-refractivity contribution is 0.0954. The number of hydrogen-bond donors (Lipinski definition) is 2. The highest BCUT2D eigenvalue weighted by Crippen LogP contribution is 2.22. The number of benzene rings is 1. The van der Waals surface area contributed by atoms with Crippen LogP contribution in [0.1, 0.15) is 27.3 Å². The van der Waals surface area contributed by atoms with Crippen molar-refractivity contribution < 1.29 is 4.79 Å². The zero-order valence-corrected chi connectivity index (χ0v) is 12.8. The van der Waals surface area contributed by atoms with Crippen LogP contribution in [0.4, 0.5) is 0 Å². The van der Waals surface area contributed by atoms with E-state index >= 15 is 0 Å². The van der Waals surface area contributed by atoms with Gasteiger partial charge in [-0.1, -0.05) is 6.07 Å². The molecule has 0 aliphatic rings. The van der Waals surface area contributed by atoms with E-state index in [4.69, 9.17) is 0 Å². The zero-order chi connectivity index (χ0) is 15.5. The Hall–Kier alpha value is -2.62. The monoisotopic (exact) mass is 293 g/mol. The lowest BCUT2D eigenvalue weighted by Crippen LogP contribution is -2.25. The van der Waals surface area contributed by atoms with E-state index in [1.807, 2.05) is 43.3 Å². The van der Waals surface area contributed by atoms with E-state index in [2.05, 4.69) is 22.2 Å². The Morgan fingerprint density at radius 3 is 2.86 bits per heavy atom. The van der Waals surface area contributed by atoms with Crippen LogP contribution in [-0.4, -0.2) is 22.4 Å². The fourth-order valence-corrected chi connectivity index (χ4v) is 2.55. The van der Waals surface area contributed by atoms with Gasteiger partial charge in [-0.3, -0.25) is 9.78 Å². The third-order valence-electron chi connectivity index (χ3n) is 3.96. The molecule has 0 atom stereocenters. The van der Waals surface area contributed by atoms with Gasteiger partial charge in [0.1, 0.15) is 0 Å². The number of aryl methyl sites for hydroxylation is 2. The molecule has 3 aromatic rings. The number of carbonyl (C=O) groups excluding carboxylic acids is 1. The number of hydrogen-bond acceptors (Lipinski definition) is 2. The summed E-state index contributed by atoms with van der Waals surface area (Å²) >= 11 is 0. The Morgan fingerprint density at radius 2 is 2.09 bits per heavy atom. The van der Waals surface area contributed by atoms with Crippen molar-refractivity contribution in [3.05, 3.63) is 65.1 Å². The van der Waals surface area contributed by atoms with E-state index in [0.29, 0.717) is 12.1 Å². The number of nitrogens with zero attached hydrogens (tertiary/aromatic N) is 1. The third-order valence-corrected chi connectivity index (χ3v) is 3.96. The van der Waals surface area contributed by atoms with Gasteiger partial charge in [0.15, 0.2) is 0 Å². The van der Waals surface area contributed by atoms with E-state index in [1.54, 1.807) is 6.20 Å². The minimum atomic E-state index is -0.0453. The van der Waals surface area contributed by atoms with Gasteiger partial charge in [-0.05, 0) is 49.7 Å². The second-order valence-corrected chi connectivity index (χ2v) is 5.46. The molecule has 2 aromatic heterocycles. The molecule has 2 heterocycles. The molecule has 112 valence electrons. The van der Waals surface area contributed by atoms with E-state index < -0.39 is 0 Å². The zero-order valence-electron chi connectivity index (χ0n) is 12.8. The highest BCUT2D eigenvalue weighted by atomic mass is 16.1. The molecule has 0 bridgehead atoms. The lowest BCUT2D eigenvalue weighted by atomic mass is 10.1. The van der Waals surface area contributed by atoms with Crippen molar-refractivity contribution in [1.29, 1.82) is 0 Å². The van der Waals surface area contributed by atoms with Crippen LogP contribution in [0.25, 0.3) is 10.9 Å². The standard InChI is InChI=1S/C18H19N3O/c1-12-13(2)21-17-7-6-14(11-16(12)17)18(22)20-10-8-15-5-3-4-9-19-15/h3-7,9,11,21H,8,10H2,1-2H3,(H,20,22). The smallest absolute Gasteiger partial charge is 0.251 e. The van der Waals surface area contributed by atoms with Gasteiger partial charge < -0.3 is 10.3 Å². The minimum absolute atomic E-state index is 0.0453. The van der Waals surface area contributed by atoms with E-state index in [1.165, 1.54) is 5.56 Å². The Kier molecular flexibility index (Phi) is 3.92. The van der Waals surface area contributed by atoms with Gasteiger partial charge in [0, 0.05) is 47.0 Å². The summed E-state index contributed by atoms with van der Waals surface area (Å²) in [6.07, 6.45) is 2.50. The van der Waals surface area contributed by atoms with Gasteiger partial charge in [0.25, 0.3) is 5.91 Å². The van der Waals surface area contributed by atoms with Gasteiger partial charge >= 0.3 is 0 Å². The van der Waals surface area contributed by atoms with Crippen LogP contribution in [0.2, 0.25) is 0 Å². The molecule has 3 rings (SSSR count). The van der Waals surface area contributed by atoms with E-state index in [-0.39, 0.29) is 5.91 Å². The first kappa shape index (κ1) is 14.3. The number of carbonyl (C=O) groups is 1. The van der Waals surface area contributed by atoms with Crippen molar-refractivity contribution in [3.63, 3.8) is 0 Å². The van der Waals surface area contributed by atoms with Gasteiger partial charge in [-0.25, -0.2) is 0 Å². The summed E-state index contributed by atoms with van der Waals surface area (Å²) in [5.74, 6) is -0.0453. The Bertz CT molecular complexity index is 806. The summed E-state index contributed by atoms with van der Waals surface area (Å²) in [5.41, 5.74) is 5.08. The first-order chi connectivity index (χ1) is 10.6. The quantitative estimate of drug-likeness (QED) is 0.776. The number of rotatable bonds is 4. The Balaban J connectivity index is 1.68. The maximum Gasteiger partial charge on any atom is 0.251 e. The van der Waals surface area contributed by atoms with Crippen molar-refractivity contribution >= 4 is 16.8 Å². The first-order valence-electron chi connectivity index (χ1n) is 7.42. The molecular formula is C18H19N3O. The molecule has 1 aromatic carbocycles. The molecule has 2 N–H and O–H groups in total. The average molecular weight is 293 g/mol. The number of amides is 1. The number of fused-ring (bicyclic) bond motifs is 1. The maximum atomic E-state index is 12.3. The Morgan fingerprint density at radius 1 is 1.23 bits per heavy atom. The molecule has 0 radical (unpaired) electrons. The van der Waals surface area contributed by atoms with Crippen molar-refractivity contribution in [2.75, 3.05) is 6.54 Å². The van der Waals surface area contributed by atoms with Crippen molar-refractivity contribution in [1.82, 2.24) is 15.3 Å². The second-order valence-electron chi connectivity index (χ2n) is 5.46. The predicted octanol–water partition coefficient (Wildman–Crippen LogP) is 3.15. The molecular weight excluding hydrogens is 274 g/mol. The van der Waals surface area contributed by atoms with Gasteiger partial charge in [-0.2, -0.15) is 0 Å². The minimum Gasteiger partial charge on any atom is -0.358 e. The summed E-state index contributed by atoms with van der Waals surface area (Å²) in [6.45, 7) is 4.69.